The Hall–Kier alpha value is -2.15. The highest BCUT2D eigenvalue weighted by Gasteiger charge is 2.16. The average molecular weight is 278 g/mol. The predicted molar refractivity (Wildman–Crippen MR) is 75.7 cm³/mol. The Morgan fingerprint density at radius 2 is 2.35 bits per heavy atom. The van der Waals surface area contributed by atoms with Crippen molar-refractivity contribution in [2.24, 2.45) is 5.73 Å². The van der Waals surface area contributed by atoms with Gasteiger partial charge < -0.3 is 16.4 Å². The number of nitrogens with zero attached hydrogens (tertiary/aromatic N) is 1. The molecule has 7 heteroatoms. The lowest BCUT2D eigenvalue weighted by Crippen LogP contribution is -2.24. The second-order valence-electron chi connectivity index (χ2n) is 4.86. The van der Waals surface area contributed by atoms with E-state index in [2.05, 4.69) is 10.6 Å². The normalized spacial score (nSPS) is 17.9. The van der Waals surface area contributed by atoms with Gasteiger partial charge in [0.2, 0.25) is 0 Å². The lowest BCUT2D eigenvalue weighted by Gasteiger charge is -2.13. The van der Waals surface area contributed by atoms with Crippen LogP contribution in [0.15, 0.2) is 18.2 Å². The first-order valence-electron chi connectivity index (χ1n) is 6.63. The van der Waals surface area contributed by atoms with Crippen LogP contribution in [-0.4, -0.2) is 30.0 Å². The largest absolute Gasteiger partial charge is 0.384 e. The zero-order chi connectivity index (χ0) is 14.5. The van der Waals surface area contributed by atoms with Gasteiger partial charge in [-0.2, -0.15) is 0 Å². The Labute approximate surface area is 116 Å². The van der Waals surface area contributed by atoms with Crippen LogP contribution in [0.1, 0.15) is 29.6 Å². The smallest absolute Gasteiger partial charge is 0.270 e. The molecule has 0 radical (unpaired) electrons. The van der Waals surface area contributed by atoms with Crippen LogP contribution < -0.4 is 16.4 Å². The number of hydrogen-bond acceptors (Lipinski definition) is 5. The van der Waals surface area contributed by atoms with E-state index in [4.69, 9.17) is 5.73 Å². The maximum Gasteiger partial charge on any atom is 0.270 e. The van der Waals surface area contributed by atoms with Gasteiger partial charge in [-0.25, -0.2) is 0 Å². The predicted octanol–water partition coefficient (Wildman–Crippen LogP) is 1.25. The summed E-state index contributed by atoms with van der Waals surface area (Å²) in [5.41, 5.74) is 5.82. The lowest BCUT2D eigenvalue weighted by molar-refractivity contribution is -0.384. The first-order valence-corrected chi connectivity index (χ1v) is 6.63. The minimum absolute atomic E-state index is 0.137. The number of rotatable bonds is 6. The summed E-state index contributed by atoms with van der Waals surface area (Å²) in [5.74, 6) is -0.671. The fourth-order valence-corrected chi connectivity index (χ4v) is 2.39. The van der Waals surface area contributed by atoms with Gasteiger partial charge in [-0.15, -0.1) is 0 Å². The highest BCUT2D eigenvalue weighted by molar-refractivity contribution is 5.99. The van der Waals surface area contributed by atoms with Gasteiger partial charge in [0.25, 0.3) is 11.6 Å². The number of nitrogens with one attached hydrogen (secondary N) is 2. The van der Waals surface area contributed by atoms with Crippen LogP contribution in [0.25, 0.3) is 0 Å². The SMILES string of the molecule is NC(=O)c1cc([N+](=O)[O-])ccc1NCCC1CCCN1. The number of nitro groups is 1. The molecule has 0 aliphatic carbocycles. The van der Waals surface area contributed by atoms with Gasteiger partial charge in [0.1, 0.15) is 0 Å². The molecule has 20 heavy (non-hydrogen) atoms. The molecule has 1 aromatic rings. The van der Waals surface area contributed by atoms with Gasteiger partial charge in [0, 0.05) is 30.4 Å². The molecule has 1 aliphatic heterocycles. The van der Waals surface area contributed by atoms with Gasteiger partial charge in [-0.3, -0.25) is 14.9 Å². The molecule has 0 saturated carbocycles. The first kappa shape index (κ1) is 14.3. The van der Waals surface area contributed by atoms with Crippen molar-refractivity contribution in [1.82, 2.24) is 5.32 Å². The molecule has 1 aromatic carbocycles. The quantitative estimate of drug-likeness (QED) is 0.535. The van der Waals surface area contributed by atoms with Crippen LogP contribution in [0.3, 0.4) is 0 Å². The van der Waals surface area contributed by atoms with E-state index in [0.717, 1.165) is 19.4 Å². The van der Waals surface area contributed by atoms with Crippen molar-refractivity contribution < 1.29 is 9.72 Å². The van der Waals surface area contributed by atoms with E-state index in [9.17, 15) is 14.9 Å². The van der Waals surface area contributed by atoms with E-state index < -0.39 is 10.8 Å². The lowest BCUT2D eigenvalue weighted by atomic mass is 10.1. The summed E-state index contributed by atoms with van der Waals surface area (Å²) in [6.45, 7) is 1.74. The van der Waals surface area contributed by atoms with Gasteiger partial charge >= 0.3 is 0 Å². The fraction of sp³-hybridized carbons (Fsp3) is 0.462. The van der Waals surface area contributed by atoms with Crippen LogP contribution in [0.5, 0.6) is 0 Å². The summed E-state index contributed by atoms with van der Waals surface area (Å²) in [6, 6.07) is 4.60. The zero-order valence-corrected chi connectivity index (χ0v) is 11.1. The molecule has 0 aromatic heterocycles. The average Bonchev–Trinajstić information content (AvgIpc) is 2.91. The van der Waals surface area contributed by atoms with Crippen molar-refractivity contribution in [1.29, 1.82) is 0 Å². The Balaban J connectivity index is 2.02. The number of amides is 1. The van der Waals surface area contributed by atoms with Crippen molar-refractivity contribution in [3.63, 3.8) is 0 Å². The molecule has 0 spiro atoms. The molecule has 1 amide bonds. The summed E-state index contributed by atoms with van der Waals surface area (Å²) < 4.78 is 0. The van der Waals surface area contributed by atoms with Crippen molar-refractivity contribution in [3.05, 3.63) is 33.9 Å². The summed E-state index contributed by atoms with van der Waals surface area (Å²) in [7, 11) is 0. The maximum atomic E-state index is 11.4. The Bertz CT molecular complexity index is 512. The number of nitro benzene ring substituents is 1. The second kappa shape index (κ2) is 6.33. The minimum atomic E-state index is -0.671. The Kier molecular flexibility index (Phi) is 4.52. The molecule has 4 N–H and O–H groups in total. The third-order valence-corrected chi connectivity index (χ3v) is 3.45. The summed E-state index contributed by atoms with van der Waals surface area (Å²) >= 11 is 0. The number of primary amides is 1. The van der Waals surface area contributed by atoms with Crippen molar-refractivity contribution in [2.75, 3.05) is 18.4 Å². The number of carbonyl (C=O) groups excluding carboxylic acids is 1. The Morgan fingerprint density at radius 1 is 1.55 bits per heavy atom. The van der Waals surface area contributed by atoms with Crippen molar-refractivity contribution >= 4 is 17.3 Å². The topological polar surface area (TPSA) is 110 Å². The third kappa shape index (κ3) is 3.45. The number of hydrogen-bond donors (Lipinski definition) is 3. The molecular weight excluding hydrogens is 260 g/mol. The number of non-ortho nitro benzene ring substituents is 1. The van der Waals surface area contributed by atoms with Crippen LogP contribution in [-0.2, 0) is 0 Å². The molecule has 1 unspecified atom stereocenters. The molecule has 1 heterocycles. The molecule has 1 aliphatic rings. The van der Waals surface area contributed by atoms with E-state index >= 15 is 0 Å². The number of carbonyl (C=O) groups is 1. The molecule has 1 saturated heterocycles. The highest BCUT2D eigenvalue weighted by atomic mass is 16.6. The number of benzene rings is 1. The maximum absolute atomic E-state index is 11.4. The monoisotopic (exact) mass is 278 g/mol. The van der Waals surface area contributed by atoms with Crippen molar-refractivity contribution in [3.8, 4) is 0 Å². The van der Waals surface area contributed by atoms with Gasteiger partial charge in [-0.05, 0) is 31.9 Å². The van der Waals surface area contributed by atoms with Gasteiger partial charge in [0.15, 0.2) is 0 Å². The van der Waals surface area contributed by atoms with E-state index in [0.29, 0.717) is 18.3 Å². The third-order valence-electron chi connectivity index (χ3n) is 3.45. The fourth-order valence-electron chi connectivity index (χ4n) is 2.39. The molecule has 1 fully saturated rings. The van der Waals surface area contributed by atoms with Crippen LogP contribution in [0, 0.1) is 10.1 Å². The molecule has 108 valence electrons. The standard InChI is InChI=1S/C13H18N4O3/c14-13(18)11-8-10(17(19)20)3-4-12(11)16-7-5-9-2-1-6-15-9/h3-4,8-9,15-16H,1-2,5-7H2,(H2,14,18). The van der Waals surface area contributed by atoms with Crippen molar-refractivity contribution in [2.45, 2.75) is 25.3 Å². The van der Waals surface area contributed by atoms with Gasteiger partial charge in [0.05, 0.1) is 10.5 Å². The molecule has 2 rings (SSSR count). The van der Waals surface area contributed by atoms with Crippen LogP contribution >= 0.6 is 0 Å². The Morgan fingerprint density at radius 3 is 2.95 bits per heavy atom. The van der Waals surface area contributed by atoms with Gasteiger partial charge in [-0.1, -0.05) is 0 Å². The summed E-state index contributed by atoms with van der Waals surface area (Å²) in [5, 5.41) is 17.2. The number of nitrogens with two attached hydrogens (primary N) is 1. The molecule has 7 nitrogen and oxygen atoms in total. The minimum Gasteiger partial charge on any atom is -0.384 e. The van der Waals surface area contributed by atoms with E-state index in [1.165, 1.54) is 24.6 Å². The molecule has 0 bridgehead atoms. The number of anilines is 1. The summed E-state index contributed by atoms with van der Waals surface area (Å²) in [4.78, 5) is 21.5. The second-order valence-corrected chi connectivity index (χ2v) is 4.86. The molecule has 1 atom stereocenters. The van der Waals surface area contributed by atoms with E-state index in [-0.39, 0.29) is 11.3 Å². The van der Waals surface area contributed by atoms with E-state index in [1.807, 2.05) is 0 Å². The van der Waals surface area contributed by atoms with Crippen LogP contribution in [0.4, 0.5) is 11.4 Å². The van der Waals surface area contributed by atoms with E-state index in [1.54, 1.807) is 0 Å². The van der Waals surface area contributed by atoms with Crippen LogP contribution in [0.2, 0.25) is 0 Å². The highest BCUT2D eigenvalue weighted by Crippen LogP contribution is 2.22. The summed E-state index contributed by atoms with van der Waals surface area (Å²) in [6.07, 6.45) is 3.29. The zero-order valence-electron chi connectivity index (χ0n) is 11.1. The first-order chi connectivity index (χ1) is 9.58. The molecular formula is C13H18N4O3.